The standard InChI is InChI=1S/C22H27N3O4/c1-17(26)25(19-9-5-7-11-21(19)29-3)16-22(27)24-14-12-23(13-15-24)18-8-4-6-10-20(18)28-2/h4-11H,12-16H2,1-3H3. The number of para-hydroxylation sites is 4. The van der Waals surface area contributed by atoms with Crippen molar-refractivity contribution in [2.24, 2.45) is 0 Å². The molecule has 1 aliphatic rings. The highest BCUT2D eigenvalue weighted by molar-refractivity contribution is 5.98. The largest absolute Gasteiger partial charge is 0.495 e. The lowest BCUT2D eigenvalue weighted by Crippen LogP contribution is -2.52. The van der Waals surface area contributed by atoms with E-state index < -0.39 is 0 Å². The van der Waals surface area contributed by atoms with Crippen LogP contribution in [0.5, 0.6) is 11.5 Å². The predicted molar refractivity (Wildman–Crippen MR) is 113 cm³/mol. The lowest BCUT2D eigenvalue weighted by atomic mass is 10.2. The molecule has 0 aromatic heterocycles. The van der Waals surface area contributed by atoms with E-state index in [1.807, 2.05) is 36.4 Å². The van der Waals surface area contributed by atoms with Gasteiger partial charge in [0.2, 0.25) is 11.8 Å². The zero-order valence-corrected chi connectivity index (χ0v) is 17.1. The van der Waals surface area contributed by atoms with Gasteiger partial charge in [0, 0.05) is 33.1 Å². The van der Waals surface area contributed by atoms with Crippen LogP contribution in [0.2, 0.25) is 0 Å². The highest BCUT2D eigenvalue weighted by atomic mass is 16.5. The van der Waals surface area contributed by atoms with E-state index in [-0.39, 0.29) is 18.4 Å². The Morgan fingerprint density at radius 2 is 1.48 bits per heavy atom. The van der Waals surface area contributed by atoms with Gasteiger partial charge in [0.25, 0.3) is 0 Å². The van der Waals surface area contributed by atoms with Crippen LogP contribution in [0.15, 0.2) is 48.5 Å². The summed E-state index contributed by atoms with van der Waals surface area (Å²) in [5, 5.41) is 0. The van der Waals surface area contributed by atoms with Gasteiger partial charge < -0.3 is 19.3 Å². The van der Waals surface area contributed by atoms with Crippen LogP contribution in [0, 0.1) is 0 Å². The Labute approximate surface area is 171 Å². The third-order valence-corrected chi connectivity index (χ3v) is 5.11. The van der Waals surface area contributed by atoms with Gasteiger partial charge in [-0.3, -0.25) is 14.5 Å². The minimum Gasteiger partial charge on any atom is -0.495 e. The van der Waals surface area contributed by atoms with E-state index in [1.165, 1.54) is 11.8 Å². The Morgan fingerprint density at radius 1 is 0.897 bits per heavy atom. The molecule has 1 saturated heterocycles. The quantitative estimate of drug-likeness (QED) is 0.749. The number of hydrogen-bond acceptors (Lipinski definition) is 5. The summed E-state index contributed by atoms with van der Waals surface area (Å²) in [6.07, 6.45) is 0. The average molecular weight is 397 g/mol. The number of ether oxygens (including phenoxy) is 2. The van der Waals surface area contributed by atoms with Gasteiger partial charge in [-0.15, -0.1) is 0 Å². The van der Waals surface area contributed by atoms with Crippen LogP contribution in [0.1, 0.15) is 6.92 Å². The third-order valence-electron chi connectivity index (χ3n) is 5.11. The molecule has 7 heteroatoms. The van der Waals surface area contributed by atoms with Crippen LogP contribution >= 0.6 is 0 Å². The van der Waals surface area contributed by atoms with Crippen LogP contribution in [0.3, 0.4) is 0 Å². The van der Waals surface area contributed by atoms with E-state index >= 15 is 0 Å². The number of carbonyl (C=O) groups excluding carboxylic acids is 2. The molecule has 0 N–H and O–H groups in total. The number of benzene rings is 2. The molecule has 3 rings (SSSR count). The second-order valence-electron chi connectivity index (χ2n) is 6.82. The van der Waals surface area contributed by atoms with Gasteiger partial charge in [0.1, 0.15) is 18.0 Å². The topological polar surface area (TPSA) is 62.3 Å². The third kappa shape index (κ3) is 4.62. The minimum atomic E-state index is -0.199. The van der Waals surface area contributed by atoms with Crippen LogP contribution in [0.25, 0.3) is 0 Å². The second kappa shape index (κ2) is 9.32. The molecule has 2 amide bonds. The molecule has 1 fully saturated rings. The summed E-state index contributed by atoms with van der Waals surface area (Å²) in [5.41, 5.74) is 1.63. The zero-order chi connectivity index (χ0) is 20.8. The van der Waals surface area contributed by atoms with Crippen molar-refractivity contribution in [1.29, 1.82) is 0 Å². The van der Waals surface area contributed by atoms with Gasteiger partial charge >= 0.3 is 0 Å². The maximum absolute atomic E-state index is 12.9. The molecule has 0 aliphatic carbocycles. The molecular weight excluding hydrogens is 370 g/mol. The maximum atomic E-state index is 12.9. The summed E-state index contributed by atoms with van der Waals surface area (Å²) < 4.78 is 10.8. The molecule has 0 saturated carbocycles. The molecule has 2 aromatic carbocycles. The smallest absolute Gasteiger partial charge is 0.242 e. The fourth-order valence-corrected chi connectivity index (χ4v) is 3.54. The molecular formula is C22H27N3O4. The number of carbonyl (C=O) groups is 2. The molecule has 0 radical (unpaired) electrons. The fraction of sp³-hybridized carbons (Fsp3) is 0.364. The molecule has 29 heavy (non-hydrogen) atoms. The van der Waals surface area contributed by atoms with Crippen LogP contribution < -0.4 is 19.3 Å². The molecule has 1 heterocycles. The van der Waals surface area contributed by atoms with Gasteiger partial charge in [0.15, 0.2) is 0 Å². The number of nitrogens with zero attached hydrogens (tertiary/aromatic N) is 3. The van der Waals surface area contributed by atoms with Crippen molar-refractivity contribution in [2.75, 3.05) is 56.7 Å². The normalized spacial score (nSPS) is 13.8. The van der Waals surface area contributed by atoms with Gasteiger partial charge in [-0.2, -0.15) is 0 Å². The summed E-state index contributed by atoms with van der Waals surface area (Å²) in [4.78, 5) is 30.6. The van der Waals surface area contributed by atoms with Gasteiger partial charge in [-0.05, 0) is 24.3 Å². The Hall–Kier alpha value is -3.22. The molecule has 0 bridgehead atoms. The number of amides is 2. The van der Waals surface area contributed by atoms with Crippen molar-refractivity contribution < 1.29 is 19.1 Å². The SMILES string of the molecule is COc1ccccc1N1CCN(C(=O)CN(C(C)=O)c2ccccc2OC)CC1. The first-order chi connectivity index (χ1) is 14.0. The van der Waals surface area contributed by atoms with E-state index in [9.17, 15) is 9.59 Å². The number of methoxy groups -OCH3 is 2. The lowest BCUT2D eigenvalue weighted by molar-refractivity contribution is -0.131. The first-order valence-electron chi connectivity index (χ1n) is 9.62. The first-order valence-corrected chi connectivity index (χ1v) is 9.62. The van der Waals surface area contributed by atoms with Crippen LogP contribution in [0.4, 0.5) is 11.4 Å². The summed E-state index contributed by atoms with van der Waals surface area (Å²) >= 11 is 0. The summed E-state index contributed by atoms with van der Waals surface area (Å²) in [5.74, 6) is 1.11. The number of rotatable bonds is 6. The van der Waals surface area contributed by atoms with Crippen molar-refractivity contribution in [3.05, 3.63) is 48.5 Å². The van der Waals surface area contributed by atoms with E-state index in [1.54, 1.807) is 31.3 Å². The highest BCUT2D eigenvalue weighted by Crippen LogP contribution is 2.29. The summed E-state index contributed by atoms with van der Waals surface area (Å²) in [6.45, 7) is 4.05. The second-order valence-corrected chi connectivity index (χ2v) is 6.82. The van der Waals surface area contributed by atoms with Crippen molar-refractivity contribution in [3.63, 3.8) is 0 Å². The molecule has 154 valence electrons. The fourth-order valence-electron chi connectivity index (χ4n) is 3.54. The van der Waals surface area contributed by atoms with Crippen molar-refractivity contribution in [2.45, 2.75) is 6.92 Å². The molecule has 0 atom stereocenters. The first kappa shape index (κ1) is 20.5. The van der Waals surface area contributed by atoms with Crippen LogP contribution in [-0.2, 0) is 9.59 Å². The van der Waals surface area contributed by atoms with Crippen LogP contribution in [-0.4, -0.2) is 63.7 Å². The van der Waals surface area contributed by atoms with E-state index in [0.717, 1.165) is 11.4 Å². The van der Waals surface area contributed by atoms with Gasteiger partial charge in [0.05, 0.1) is 25.6 Å². The van der Waals surface area contributed by atoms with Crippen molar-refractivity contribution >= 4 is 23.2 Å². The van der Waals surface area contributed by atoms with Gasteiger partial charge in [-0.25, -0.2) is 0 Å². The zero-order valence-electron chi connectivity index (χ0n) is 17.1. The minimum absolute atomic E-state index is 0.00956. The Morgan fingerprint density at radius 3 is 2.10 bits per heavy atom. The molecule has 1 aliphatic heterocycles. The summed E-state index contributed by atoms with van der Waals surface area (Å²) in [7, 11) is 3.21. The van der Waals surface area contributed by atoms with E-state index in [4.69, 9.17) is 9.47 Å². The molecule has 7 nitrogen and oxygen atoms in total. The molecule has 0 spiro atoms. The van der Waals surface area contributed by atoms with E-state index in [0.29, 0.717) is 37.6 Å². The highest BCUT2D eigenvalue weighted by Gasteiger charge is 2.26. The Kier molecular flexibility index (Phi) is 6.59. The Bertz CT molecular complexity index is 863. The predicted octanol–water partition coefficient (Wildman–Crippen LogP) is 2.41. The average Bonchev–Trinajstić information content (AvgIpc) is 2.77. The monoisotopic (exact) mass is 397 g/mol. The number of piperazine rings is 1. The maximum Gasteiger partial charge on any atom is 0.242 e. The number of hydrogen-bond donors (Lipinski definition) is 0. The number of anilines is 2. The lowest BCUT2D eigenvalue weighted by Gasteiger charge is -2.37. The summed E-state index contributed by atoms with van der Waals surface area (Å²) in [6, 6.07) is 15.1. The van der Waals surface area contributed by atoms with Gasteiger partial charge in [-0.1, -0.05) is 24.3 Å². The molecule has 2 aromatic rings. The van der Waals surface area contributed by atoms with Crippen molar-refractivity contribution in [1.82, 2.24) is 4.90 Å². The van der Waals surface area contributed by atoms with E-state index in [2.05, 4.69) is 4.90 Å². The van der Waals surface area contributed by atoms with Crippen molar-refractivity contribution in [3.8, 4) is 11.5 Å². The Balaban J connectivity index is 1.66. The molecule has 0 unspecified atom stereocenters.